The van der Waals surface area contributed by atoms with Crippen LogP contribution in [0.25, 0.3) is 0 Å². The number of pyridine rings is 2. The number of nitriles is 1. The van der Waals surface area contributed by atoms with Gasteiger partial charge in [0.05, 0.1) is 16.8 Å². The molecule has 3 N–H and O–H groups in total. The fourth-order valence-electron chi connectivity index (χ4n) is 3.36. The molecule has 1 aliphatic rings. The number of nitrogens with one attached hydrogen (secondary N) is 3. The summed E-state index contributed by atoms with van der Waals surface area (Å²) in [6, 6.07) is 4.90. The van der Waals surface area contributed by atoms with Gasteiger partial charge in [0.25, 0.3) is 5.91 Å². The molecule has 2 aromatic rings. The summed E-state index contributed by atoms with van der Waals surface area (Å²) in [6.07, 6.45) is 8.23. The monoisotopic (exact) mass is 412 g/mol. The average Bonchev–Trinajstić information content (AvgIpc) is 2.70. The van der Waals surface area contributed by atoms with E-state index in [-0.39, 0.29) is 36.8 Å². The Labute approximate surface area is 177 Å². The molecule has 1 saturated carbocycles. The van der Waals surface area contributed by atoms with Crippen molar-refractivity contribution in [3.8, 4) is 6.07 Å². The topological polar surface area (TPSA) is 103 Å². The Morgan fingerprint density at radius 1 is 1.20 bits per heavy atom. The summed E-state index contributed by atoms with van der Waals surface area (Å²) in [4.78, 5) is 21.0. The highest BCUT2D eigenvalue weighted by molar-refractivity contribution is 6.00. The summed E-state index contributed by atoms with van der Waals surface area (Å²) in [6.45, 7) is 3.94. The maximum atomic E-state index is 14.1. The average molecular weight is 413 g/mol. The first kappa shape index (κ1) is 23.1. The number of hydrogen-bond donors (Lipinski definition) is 3. The molecule has 160 valence electrons. The first-order valence-electron chi connectivity index (χ1n) is 9.86. The second-order valence-electron chi connectivity index (χ2n) is 7.51. The highest BCUT2D eigenvalue weighted by Crippen LogP contribution is 2.24. The Kier molecular flexibility index (Phi) is 8.10. The molecule has 0 saturated heterocycles. The van der Waals surface area contributed by atoms with Crippen LogP contribution in [-0.4, -0.2) is 28.0 Å². The number of carbonyl (C=O) groups excluding carboxylic acids is 1. The van der Waals surface area contributed by atoms with Crippen LogP contribution in [-0.2, 0) is 0 Å². The predicted molar refractivity (Wildman–Crippen MR) is 116 cm³/mol. The van der Waals surface area contributed by atoms with Crippen molar-refractivity contribution in [2.24, 2.45) is 0 Å². The second kappa shape index (κ2) is 10.5. The Bertz CT molecular complexity index is 918. The van der Waals surface area contributed by atoms with Crippen molar-refractivity contribution in [1.29, 1.82) is 5.26 Å². The number of halogens is 1. The molecule has 0 bridgehead atoms. The largest absolute Gasteiger partial charge is 0.382 e. The summed E-state index contributed by atoms with van der Waals surface area (Å²) in [5.74, 6) is -0.505. The third-order valence-corrected chi connectivity index (χ3v) is 4.75. The van der Waals surface area contributed by atoms with Crippen molar-refractivity contribution >= 4 is 23.2 Å². The fourth-order valence-corrected chi connectivity index (χ4v) is 3.36. The first-order valence-corrected chi connectivity index (χ1v) is 9.86. The molecule has 0 radical (unpaired) electrons. The molecule has 2 aromatic heterocycles. The summed E-state index contributed by atoms with van der Waals surface area (Å²) < 4.78 is 14.1. The van der Waals surface area contributed by atoms with Gasteiger partial charge >= 0.3 is 0 Å². The maximum Gasteiger partial charge on any atom is 0.255 e. The lowest BCUT2D eigenvalue weighted by Gasteiger charge is -2.23. The summed E-state index contributed by atoms with van der Waals surface area (Å²) in [5.41, 5.74) is 1.20. The molecule has 30 heavy (non-hydrogen) atoms. The van der Waals surface area contributed by atoms with E-state index in [1.165, 1.54) is 18.8 Å². The molecule has 8 heteroatoms. The maximum absolute atomic E-state index is 14.1. The molecule has 0 aromatic carbocycles. The molecular formula is C22H29FN6O. The number of aromatic nitrogens is 2. The van der Waals surface area contributed by atoms with Crippen molar-refractivity contribution in [3.63, 3.8) is 0 Å². The predicted octanol–water partition coefficient (Wildman–Crippen LogP) is 4.75. The van der Waals surface area contributed by atoms with Crippen molar-refractivity contribution < 1.29 is 9.18 Å². The van der Waals surface area contributed by atoms with Crippen LogP contribution in [0.5, 0.6) is 0 Å². The van der Waals surface area contributed by atoms with Gasteiger partial charge in [-0.2, -0.15) is 5.26 Å². The van der Waals surface area contributed by atoms with Crippen molar-refractivity contribution in [2.45, 2.75) is 65.5 Å². The Hall–Kier alpha value is -3.21. The molecule has 1 amide bonds. The van der Waals surface area contributed by atoms with Gasteiger partial charge in [-0.15, -0.1) is 0 Å². The first-order chi connectivity index (χ1) is 14.0. The van der Waals surface area contributed by atoms with Gasteiger partial charge < -0.3 is 16.0 Å². The lowest BCUT2D eigenvalue weighted by molar-refractivity contribution is 0.0928. The number of hydrogen-bond acceptors (Lipinski definition) is 6. The highest BCUT2D eigenvalue weighted by Gasteiger charge is 2.20. The standard InChI is InChI=1S/C21H25FN6O.CH4/c1-13(2)26-18-9-19(28-20-17(22)8-14(10-23)11-25-20)24-12-16(18)21(29)27-15-6-4-3-5-7-15;/h8-9,11-13,15H,3-7H2,1-2H3,(H,27,29)(H2,24,25,26,28);1H4. The van der Waals surface area contributed by atoms with Crippen LogP contribution < -0.4 is 16.0 Å². The minimum atomic E-state index is -0.650. The van der Waals surface area contributed by atoms with Gasteiger partial charge in [-0.25, -0.2) is 14.4 Å². The van der Waals surface area contributed by atoms with Crippen LogP contribution in [0.2, 0.25) is 0 Å². The van der Waals surface area contributed by atoms with Crippen LogP contribution in [0.15, 0.2) is 24.5 Å². The lowest BCUT2D eigenvalue weighted by Crippen LogP contribution is -2.36. The zero-order chi connectivity index (χ0) is 20.8. The van der Waals surface area contributed by atoms with Crippen molar-refractivity contribution in [1.82, 2.24) is 15.3 Å². The smallest absolute Gasteiger partial charge is 0.255 e. The molecule has 2 heterocycles. The van der Waals surface area contributed by atoms with E-state index in [1.54, 1.807) is 6.07 Å². The van der Waals surface area contributed by atoms with Gasteiger partial charge in [-0.1, -0.05) is 26.7 Å². The molecule has 0 aliphatic heterocycles. The van der Waals surface area contributed by atoms with Crippen LogP contribution in [0.4, 0.5) is 21.7 Å². The molecule has 1 fully saturated rings. The van der Waals surface area contributed by atoms with E-state index in [4.69, 9.17) is 5.26 Å². The van der Waals surface area contributed by atoms with Gasteiger partial charge in [-0.05, 0) is 32.8 Å². The SMILES string of the molecule is C.CC(C)Nc1cc(Nc2ncc(C#N)cc2F)ncc1C(=O)NC1CCCCC1. The minimum absolute atomic E-state index is 0. The molecular weight excluding hydrogens is 383 g/mol. The third-order valence-electron chi connectivity index (χ3n) is 4.75. The molecule has 0 atom stereocenters. The molecule has 3 rings (SSSR count). The molecule has 0 unspecified atom stereocenters. The Morgan fingerprint density at radius 2 is 1.93 bits per heavy atom. The quantitative estimate of drug-likeness (QED) is 0.633. The zero-order valence-corrected chi connectivity index (χ0v) is 16.6. The Morgan fingerprint density at radius 3 is 2.57 bits per heavy atom. The second-order valence-corrected chi connectivity index (χ2v) is 7.51. The summed E-state index contributed by atoms with van der Waals surface area (Å²) >= 11 is 0. The number of amides is 1. The zero-order valence-electron chi connectivity index (χ0n) is 16.6. The van der Waals surface area contributed by atoms with Crippen LogP contribution in [0.3, 0.4) is 0 Å². The van der Waals surface area contributed by atoms with Gasteiger partial charge in [0, 0.05) is 30.5 Å². The van der Waals surface area contributed by atoms with E-state index in [1.807, 2.05) is 19.9 Å². The van der Waals surface area contributed by atoms with Gasteiger partial charge in [0.15, 0.2) is 11.6 Å². The fraction of sp³-hybridized carbons (Fsp3) is 0.455. The molecule has 0 spiro atoms. The van der Waals surface area contributed by atoms with Crippen LogP contribution in [0, 0.1) is 17.1 Å². The van der Waals surface area contributed by atoms with E-state index in [2.05, 4.69) is 25.9 Å². The summed E-state index contributed by atoms with van der Waals surface area (Å²) in [7, 11) is 0. The third kappa shape index (κ3) is 5.89. The summed E-state index contributed by atoms with van der Waals surface area (Å²) in [5, 5.41) is 18.0. The Balaban J connectivity index is 0.00000320. The molecule has 7 nitrogen and oxygen atoms in total. The van der Waals surface area contributed by atoms with E-state index in [0.717, 1.165) is 31.7 Å². The van der Waals surface area contributed by atoms with Crippen LogP contribution >= 0.6 is 0 Å². The van der Waals surface area contributed by atoms with Crippen molar-refractivity contribution in [3.05, 3.63) is 41.5 Å². The minimum Gasteiger partial charge on any atom is -0.382 e. The van der Waals surface area contributed by atoms with Crippen LogP contribution in [0.1, 0.15) is 69.3 Å². The number of rotatable bonds is 6. The normalized spacial score (nSPS) is 13.8. The van der Waals surface area contributed by atoms with Gasteiger partial charge in [0.2, 0.25) is 0 Å². The van der Waals surface area contributed by atoms with E-state index in [9.17, 15) is 9.18 Å². The van der Waals surface area contributed by atoms with E-state index >= 15 is 0 Å². The lowest BCUT2D eigenvalue weighted by atomic mass is 9.95. The number of nitrogens with zero attached hydrogens (tertiary/aromatic N) is 3. The van der Waals surface area contributed by atoms with E-state index < -0.39 is 5.82 Å². The number of carbonyl (C=O) groups is 1. The van der Waals surface area contributed by atoms with Gasteiger partial charge in [0.1, 0.15) is 11.9 Å². The van der Waals surface area contributed by atoms with Crippen molar-refractivity contribution in [2.75, 3.05) is 10.6 Å². The number of anilines is 3. The highest BCUT2D eigenvalue weighted by atomic mass is 19.1. The van der Waals surface area contributed by atoms with Gasteiger partial charge in [-0.3, -0.25) is 4.79 Å². The molecule has 1 aliphatic carbocycles. The van der Waals surface area contributed by atoms with E-state index in [0.29, 0.717) is 17.1 Å².